The molecule has 0 aliphatic carbocycles. The first-order valence-corrected chi connectivity index (χ1v) is 7.19. The highest BCUT2D eigenvalue weighted by Crippen LogP contribution is 2.29. The molecule has 1 atom stereocenters. The highest BCUT2D eigenvalue weighted by Gasteiger charge is 2.51. The van der Waals surface area contributed by atoms with Crippen LogP contribution in [0, 0.1) is 0 Å². The van der Waals surface area contributed by atoms with E-state index in [9.17, 15) is 19.2 Å². The quantitative estimate of drug-likeness (QED) is 0.773. The molecule has 24 heavy (non-hydrogen) atoms. The number of amides is 3. The van der Waals surface area contributed by atoms with Gasteiger partial charge in [0.15, 0.2) is 5.54 Å². The summed E-state index contributed by atoms with van der Waals surface area (Å²) in [6, 6.07) is 3.82. The lowest BCUT2D eigenvalue weighted by atomic mass is 9.99. The van der Waals surface area contributed by atoms with Gasteiger partial charge in [0.05, 0.1) is 12.8 Å². The Labute approximate surface area is 136 Å². The number of imide groups is 1. The molecule has 1 aliphatic rings. The van der Waals surface area contributed by atoms with Crippen molar-refractivity contribution in [1.82, 2.24) is 19.4 Å². The van der Waals surface area contributed by atoms with Crippen LogP contribution in [-0.4, -0.2) is 26.0 Å². The monoisotopic (exact) mass is 332 g/mol. The first kappa shape index (κ1) is 15.8. The van der Waals surface area contributed by atoms with E-state index >= 15 is 0 Å². The summed E-state index contributed by atoms with van der Waals surface area (Å²) < 4.78 is 7.42. The Morgan fingerprint density at radius 1 is 1.17 bits per heavy atom. The number of nitrogens with one attached hydrogen (secondary N) is 1. The molecule has 0 bridgehead atoms. The zero-order valence-corrected chi connectivity index (χ0v) is 13.4. The minimum Gasteiger partial charge on any atom is -0.466 e. The van der Waals surface area contributed by atoms with Crippen molar-refractivity contribution in [3.05, 3.63) is 56.8 Å². The van der Waals surface area contributed by atoms with Crippen molar-refractivity contribution < 1.29 is 14.0 Å². The maximum atomic E-state index is 12.7. The number of furan rings is 1. The van der Waals surface area contributed by atoms with E-state index in [0.717, 1.165) is 9.47 Å². The molecule has 1 fully saturated rings. The van der Waals surface area contributed by atoms with Crippen LogP contribution in [0.2, 0.25) is 0 Å². The van der Waals surface area contributed by atoms with Gasteiger partial charge in [-0.1, -0.05) is 0 Å². The molecular weight excluding hydrogens is 316 g/mol. The number of carbonyl (C=O) groups is 2. The second kappa shape index (κ2) is 5.22. The summed E-state index contributed by atoms with van der Waals surface area (Å²) in [6.45, 7) is 1.35. The van der Waals surface area contributed by atoms with Crippen LogP contribution in [0.1, 0.15) is 18.4 Å². The lowest BCUT2D eigenvalue weighted by molar-refractivity contribution is -0.132. The Morgan fingerprint density at radius 2 is 1.88 bits per heavy atom. The summed E-state index contributed by atoms with van der Waals surface area (Å²) >= 11 is 0. The van der Waals surface area contributed by atoms with Gasteiger partial charge in [-0.2, -0.15) is 0 Å². The van der Waals surface area contributed by atoms with Gasteiger partial charge in [0.25, 0.3) is 11.5 Å². The van der Waals surface area contributed by atoms with Crippen LogP contribution in [0.25, 0.3) is 0 Å². The van der Waals surface area contributed by atoms with Gasteiger partial charge in [0.2, 0.25) is 0 Å². The number of nitrogens with zero attached hydrogens (tertiary/aromatic N) is 3. The summed E-state index contributed by atoms with van der Waals surface area (Å²) in [5.74, 6) is -0.211. The summed E-state index contributed by atoms with van der Waals surface area (Å²) in [4.78, 5) is 49.6. The SMILES string of the molecule is Cn1c(CN2C(=O)N[C@@](C)(c3ccco3)C2=O)cc(=O)n(C)c1=O. The van der Waals surface area contributed by atoms with Gasteiger partial charge >= 0.3 is 11.7 Å². The van der Waals surface area contributed by atoms with Crippen LogP contribution in [-0.2, 0) is 31.0 Å². The molecule has 1 saturated heterocycles. The fourth-order valence-corrected chi connectivity index (χ4v) is 2.66. The van der Waals surface area contributed by atoms with E-state index in [1.165, 1.54) is 37.9 Å². The minimum absolute atomic E-state index is 0.192. The normalized spacial score (nSPS) is 20.5. The van der Waals surface area contributed by atoms with Crippen molar-refractivity contribution in [3.63, 3.8) is 0 Å². The van der Waals surface area contributed by atoms with Gasteiger partial charge in [-0.25, -0.2) is 9.59 Å². The predicted octanol–water partition coefficient (Wildman–Crippen LogP) is -0.356. The van der Waals surface area contributed by atoms with E-state index < -0.39 is 28.7 Å². The van der Waals surface area contributed by atoms with Crippen LogP contribution in [0.5, 0.6) is 0 Å². The zero-order chi connectivity index (χ0) is 17.6. The topological polar surface area (TPSA) is 107 Å². The van der Waals surface area contributed by atoms with Gasteiger partial charge in [-0.3, -0.25) is 23.6 Å². The summed E-state index contributed by atoms with van der Waals surface area (Å²) in [6.07, 6.45) is 1.41. The van der Waals surface area contributed by atoms with E-state index in [1.54, 1.807) is 12.1 Å². The molecule has 3 rings (SSSR count). The maximum Gasteiger partial charge on any atom is 0.330 e. The Balaban J connectivity index is 1.98. The van der Waals surface area contributed by atoms with Gasteiger partial charge < -0.3 is 9.73 Å². The van der Waals surface area contributed by atoms with Crippen LogP contribution >= 0.6 is 0 Å². The molecular formula is C15H16N4O5. The number of urea groups is 1. The highest BCUT2D eigenvalue weighted by molar-refractivity contribution is 6.06. The zero-order valence-electron chi connectivity index (χ0n) is 13.4. The number of carbonyl (C=O) groups excluding carboxylic acids is 2. The van der Waals surface area contributed by atoms with Crippen molar-refractivity contribution in [3.8, 4) is 0 Å². The van der Waals surface area contributed by atoms with Crippen LogP contribution in [0.15, 0.2) is 38.5 Å². The first-order chi connectivity index (χ1) is 11.3. The number of hydrogen-bond donors (Lipinski definition) is 1. The molecule has 2 aromatic rings. The molecule has 0 spiro atoms. The number of rotatable bonds is 3. The number of aromatic nitrogens is 2. The molecule has 3 amide bonds. The smallest absolute Gasteiger partial charge is 0.330 e. The Bertz CT molecular complexity index is 940. The van der Waals surface area contributed by atoms with Crippen molar-refractivity contribution >= 4 is 11.9 Å². The van der Waals surface area contributed by atoms with Crippen molar-refractivity contribution in [2.24, 2.45) is 14.1 Å². The predicted molar refractivity (Wildman–Crippen MR) is 82.1 cm³/mol. The molecule has 2 aromatic heterocycles. The third-order valence-corrected chi connectivity index (χ3v) is 4.23. The van der Waals surface area contributed by atoms with Gasteiger partial charge in [0, 0.05) is 25.9 Å². The summed E-state index contributed by atoms with van der Waals surface area (Å²) in [7, 11) is 2.83. The Hall–Kier alpha value is -3.10. The van der Waals surface area contributed by atoms with Crippen LogP contribution in [0.4, 0.5) is 4.79 Å². The largest absolute Gasteiger partial charge is 0.466 e. The molecule has 9 nitrogen and oxygen atoms in total. The molecule has 0 aromatic carbocycles. The standard InChI is InChI=1S/C15H16N4O5/c1-15(10-5-4-6-24-10)12(21)19(13(22)16-15)8-9-7-11(20)18(3)14(23)17(9)2/h4-7H,8H2,1-3H3,(H,16,22)/t15-/m0/s1. The third kappa shape index (κ3) is 2.16. The van der Waals surface area contributed by atoms with E-state index in [4.69, 9.17) is 4.42 Å². The molecule has 0 unspecified atom stereocenters. The molecule has 9 heteroatoms. The Kier molecular flexibility index (Phi) is 3.43. The van der Waals surface area contributed by atoms with E-state index in [0.29, 0.717) is 5.76 Å². The second-order valence-electron chi connectivity index (χ2n) is 5.80. The van der Waals surface area contributed by atoms with Gasteiger partial charge in [-0.15, -0.1) is 0 Å². The second-order valence-corrected chi connectivity index (χ2v) is 5.80. The lowest BCUT2D eigenvalue weighted by Gasteiger charge is -2.19. The lowest BCUT2D eigenvalue weighted by Crippen LogP contribution is -2.42. The molecule has 1 aliphatic heterocycles. The molecule has 0 saturated carbocycles. The molecule has 126 valence electrons. The minimum atomic E-state index is -1.32. The fourth-order valence-electron chi connectivity index (χ4n) is 2.66. The maximum absolute atomic E-state index is 12.7. The first-order valence-electron chi connectivity index (χ1n) is 7.19. The average molecular weight is 332 g/mol. The van der Waals surface area contributed by atoms with E-state index in [-0.39, 0.29) is 12.2 Å². The summed E-state index contributed by atoms with van der Waals surface area (Å²) in [5.41, 5.74) is -2.10. The average Bonchev–Trinajstić information content (AvgIpc) is 3.15. The molecule has 0 radical (unpaired) electrons. The van der Waals surface area contributed by atoms with Crippen LogP contribution < -0.4 is 16.6 Å². The third-order valence-electron chi connectivity index (χ3n) is 4.23. The number of hydrogen-bond acceptors (Lipinski definition) is 5. The molecule has 1 N–H and O–H groups in total. The highest BCUT2D eigenvalue weighted by atomic mass is 16.3. The van der Waals surface area contributed by atoms with Crippen LogP contribution in [0.3, 0.4) is 0 Å². The Morgan fingerprint density at radius 3 is 2.50 bits per heavy atom. The van der Waals surface area contributed by atoms with Crippen molar-refractivity contribution in [2.75, 3.05) is 0 Å². The van der Waals surface area contributed by atoms with E-state index in [1.807, 2.05) is 0 Å². The van der Waals surface area contributed by atoms with Gasteiger partial charge in [-0.05, 0) is 19.1 Å². The van der Waals surface area contributed by atoms with Gasteiger partial charge in [0.1, 0.15) is 5.76 Å². The molecule has 3 heterocycles. The van der Waals surface area contributed by atoms with E-state index in [2.05, 4.69) is 5.32 Å². The van der Waals surface area contributed by atoms with Crippen molar-refractivity contribution in [1.29, 1.82) is 0 Å². The van der Waals surface area contributed by atoms with Crippen molar-refractivity contribution in [2.45, 2.75) is 19.0 Å². The summed E-state index contributed by atoms with van der Waals surface area (Å²) in [5, 5.41) is 2.59. The fraction of sp³-hybridized carbons (Fsp3) is 0.333.